The van der Waals surface area contributed by atoms with E-state index in [1.54, 1.807) is 6.07 Å². The van der Waals surface area contributed by atoms with Crippen molar-refractivity contribution >= 4 is 17.3 Å². The van der Waals surface area contributed by atoms with E-state index in [-0.39, 0.29) is 11.9 Å². The molecule has 0 aliphatic heterocycles. The Balaban J connectivity index is 2.17. The minimum Gasteiger partial charge on any atom is -0.368 e. The molecule has 0 spiro atoms. The Hall–Kier alpha value is -1.58. The Morgan fingerprint density at radius 1 is 1.24 bits per heavy atom. The highest BCUT2D eigenvalue weighted by Crippen LogP contribution is 2.24. The molecule has 0 saturated heterocycles. The fourth-order valence-electron chi connectivity index (χ4n) is 2.26. The van der Waals surface area contributed by atoms with E-state index in [0.717, 1.165) is 11.1 Å². The summed E-state index contributed by atoms with van der Waals surface area (Å²) < 4.78 is 14.3. The van der Waals surface area contributed by atoms with Gasteiger partial charge in [0.25, 0.3) is 0 Å². The number of nitrogens with one attached hydrogen (secondary N) is 1. The van der Waals surface area contributed by atoms with Gasteiger partial charge in [0.15, 0.2) is 0 Å². The maximum atomic E-state index is 14.3. The maximum absolute atomic E-state index is 14.3. The van der Waals surface area contributed by atoms with Crippen LogP contribution in [0.3, 0.4) is 0 Å². The van der Waals surface area contributed by atoms with Crippen molar-refractivity contribution in [3.63, 3.8) is 0 Å². The zero-order valence-electron chi connectivity index (χ0n) is 12.5. The summed E-state index contributed by atoms with van der Waals surface area (Å²) in [7, 11) is 3.74. The van der Waals surface area contributed by atoms with Crippen LogP contribution in [0.1, 0.15) is 24.1 Å². The Labute approximate surface area is 130 Å². The van der Waals surface area contributed by atoms with Gasteiger partial charge in [0, 0.05) is 24.7 Å². The van der Waals surface area contributed by atoms with Crippen LogP contribution in [-0.4, -0.2) is 14.1 Å². The number of hydrogen-bond acceptors (Lipinski definition) is 2. The Kier molecular flexibility index (Phi) is 5.21. The number of halogens is 2. The highest BCUT2D eigenvalue weighted by molar-refractivity contribution is 6.30. The molecule has 2 aromatic carbocycles. The van der Waals surface area contributed by atoms with E-state index in [1.165, 1.54) is 0 Å². The summed E-state index contributed by atoms with van der Waals surface area (Å²) in [5.41, 5.74) is 2.58. The third-order valence-corrected chi connectivity index (χ3v) is 3.86. The minimum absolute atomic E-state index is 0.131. The summed E-state index contributed by atoms with van der Waals surface area (Å²) in [6.07, 6.45) is 0. The molecule has 0 aromatic heterocycles. The predicted molar refractivity (Wildman–Crippen MR) is 87.4 cm³/mol. The monoisotopic (exact) mass is 306 g/mol. The van der Waals surface area contributed by atoms with Crippen LogP contribution in [0.2, 0.25) is 5.02 Å². The van der Waals surface area contributed by atoms with Crippen LogP contribution in [0.15, 0.2) is 42.5 Å². The van der Waals surface area contributed by atoms with Gasteiger partial charge < -0.3 is 10.2 Å². The highest BCUT2D eigenvalue weighted by Gasteiger charge is 2.11. The average Bonchev–Trinajstić information content (AvgIpc) is 2.46. The fraction of sp³-hybridized carbons (Fsp3) is 0.294. The van der Waals surface area contributed by atoms with E-state index in [4.69, 9.17) is 11.6 Å². The van der Waals surface area contributed by atoms with Crippen molar-refractivity contribution in [2.45, 2.75) is 19.5 Å². The third kappa shape index (κ3) is 3.96. The zero-order chi connectivity index (χ0) is 15.4. The summed E-state index contributed by atoms with van der Waals surface area (Å²) in [5, 5.41) is 3.80. The molecule has 0 fully saturated rings. The summed E-state index contributed by atoms with van der Waals surface area (Å²) in [6, 6.07) is 13.1. The van der Waals surface area contributed by atoms with E-state index in [2.05, 4.69) is 5.32 Å². The summed E-state index contributed by atoms with van der Waals surface area (Å²) in [6.45, 7) is 2.61. The molecule has 2 nitrogen and oxygen atoms in total. The standard InChI is InChI=1S/C17H20ClFN2/c1-12(20-2)14-7-8-17(16(19)10-14)21(3)11-13-5-4-6-15(18)9-13/h4-10,12,20H,11H2,1-3H3. The van der Waals surface area contributed by atoms with Crippen molar-refractivity contribution < 1.29 is 4.39 Å². The van der Waals surface area contributed by atoms with Crippen LogP contribution in [0.25, 0.3) is 0 Å². The molecular weight excluding hydrogens is 287 g/mol. The Morgan fingerprint density at radius 2 is 2.00 bits per heavy atom. The molecule has 1 N–H and O–H groups in total. The summed E-state index contributed by atoms with van der Waals surface area (Å²) in [5.74, 6) is -0.209. The lowest BCUT2D eigenvalue weighted by Gasteiger charge is -2.21. The first-order chi connectivity index (χ1) is 10.0. The van der Waals surface area contributed by atoms with Gasteiger partial charge >= 0.3 is 0 Å². The molecule has 2 aromatic rings. The molecule has 0 aliphatic rings. The second-order valence-corrected chi connectivity index (χ2v) is 5.64. The van der Waals surface area contributed by atoms with Gasteiger partial charge in [0.1, 0.15) is 5.82 Å². The van der Waals surface area contributed by atoms with Gasteiger partial charge in [0.2, 0.25) is 0 Å². The average molecular weight is 307 g/mol. The zero-order valence-corrected chi connectivity index (χ0v) is 13.3. The van der Waals surface area contributed by atoms with Gasteiger partial charge in [0.05, 0.1) is 5.69 Å². The number of benzene rings is 2. The normalized spacial score (nSPS) is 12.2. The van der Waals surface area contributed by atoms with Crippen molar-refractivity contribution in [3.05, 3.63) is 64.4 Å². The van der Waals surface area contributed by atoms with E-state index in [0.29, 0.717) is 17.3 Å². The minimum atomic E-state index is -0.209. The first kappa shape index (κ1) is 15.8. The number of nitrogens with zero attached hydrogens (tertiary/aromatic N) is 1. The molecule has 0 bridgehead atoms. The number of rotatable bonds is 5. The molecule has 0 heterocycles. The van der Waals surface area contributed by atoms with Crippen molar-refractivity contribution in [1.82, 2.24) is 5.32 Å². The van der Waals surface area contributed by atoms with E-state index in [9.17, 15) is 4.39 Å². The summed E-state index contributed by atoms with van der Waals surface area (Å²) >= 11 is 5.98. The molecule has 112 valence electrons. The van der Waals surface area contributed by atoms with Crippen LogP contribution in [0, 0.1) is 5.82 Å². The van der Waals surface area contributed by atoms with E-state index in [1.807, 2.05) is 62.3 Å². The SMILES string of the molecule is CNC(C)c1ccc(N(C)Cc2cccc(Cl)c2)c(F)c1. The van der Waals surface area contributed by atoms with Crippen molar-refractivity contribution in [2.24, 2.45) is 0 Å². The van der Waals surface area contributed by atoms with Crippen molar-refractivity contribution in [2.75, 3.05) is 19.0 Å². The largest absolute Gasteiger partial charge is 0.368 e. The van der Waals surface area contributed by atoms with Crippen LogP contribution in [-0.2, 0) is 6.54 Å². The van der Waals surface area contributed by atoms with Crippen LogP contribution in [0.4, 0.5) is 10.1 Å². The van der Waals surface area contributed by atoms with Gasteiger partial charge in [-0.15, -0.1) is 0 Å². The van der Waals surface area contributed by atoms with Crippen LogP contribution >= 0.6 is 11.6 Å². The van der Waals surface area contributed by atoms with Crippen molar-refractivity contribution in [1.29, 1.82) is 0 Å². The predicted octanol–water partition coefficient (Wildman–Crippen LogP) is 4.40. The molecule has 1 unspecified atom stereocenters. The van der Waals surface area contributed by atoms with Crippen LogP contribution in [0.5, 0.6) is 0 Å². The van der Waals surface area contributed by atoms with E-state index >= 15 is 0 Å². The topological polar surface area (TPSA) is 15.3 Å². The molecule has 0 saturated carbocycles. The molecule has 2 rings (SSSR count). The molecule has 21 heavy (non-hydrogen) atoms. The third-order valence-electron chi connectivity index (χ3n) is 3.62. The lowest BCUT2D eigenvalue weighted by molar-refractivity contribution is 0.605. The second kappa shape index (κ2) is 6.92. The molecule has 4 heteroatoms. The Morgan fingerprint density at radius 3 is 2.62 bits per heavy atom. The number of hydrogen-bond donors (Lipinski definition) is 1. The van der Waals surface area contributed by atoms with Crippen LogP contribution < -0.4 is 10.2 Å². The first-order valence-electron chi connectivity index (χ1n) is 6.93. The lowest BCUT2D eigenvalue weighted by Crippen LogP contribution is -2.18. The first-order valence-corrected chi connectivity index (χ1v) is 7.31. The van der Waals surface area contributed by atoms with Gasteiger partial charge in [-0.3, -0.25) is 0 Å². The molecular formula is C17H20ClFN2. The molecule has 0 aliphatic carbocycles. The molecule has 1 atom stereocenters. The van der Waals surface area contributed by atoms with Gasteiger partial charge in [-0.2, -0.15) is 0 Å². The smallest absolute Gasteiger partial charge is 0.146 e. The van der Waals surface area contributed by atoms with E-state index < -0.39 is 0 Å². The molecule has 0 radical (unpaired) electrons. The second-order valence-electron chi connectivity index (χ2n) is 5.21. The Bertz CT molecular complexity index is 615. The quantitative estimate of drug-likeness (QED) is 0.881. The highest BCUT2D eigenvalue weighted by atomic mass is 35.5. The van der Waals surface area contributed by atoms with Gasteiger partial charge in [-0.05, 0) is 49.4 Å². The summed E-state index contributed by atoms with van der Waals surface area (Å²) in [4.78, 5) is 1.88. The van der Waals surface area contributed by atoms with Gasteiger partial charge in [-0.1, -0.05) is 29.8 Å². The number of anilines is 1. The molecule has 0 amide bonds. The lowest BCUT2D eigenvalue weighted by atomic mass is 10.1. The maximum Gasteiger partial charge on any atom is 0.146 e. The van der Waals surface area contributed by atoms with Gasteiger partial charge in [-0.25, -0.2) is 4.39 Å². The van der Waals surface area contributed by atoms with Crippen molar-refractivity contribution in [3.8, 4) is 0 Å². The fourth-order valence-corrected chi connectivity index (χ4v) is 2.48.